The Bertz CT molecular complexity index is 396. The molecule has 0 saturated carbocycles. The molecule has 1 aliphatic rings. The van der Waals surface area contributed by atoms with Crippen LogP contribution in [-0.4, -0.2) is 26.8 Å². The molecule has 1 aromatic rings. The lowest BCUT2D eigenvalue weighted by molar-refractivity contribution is 0.150. The minimum absolute atomic E-state index is 0.291. The van der Waals surface area contributed by atoms with Gasteiger partial charge in [-0.3, -0.25) is 0 Å². The predicted octanol–water partition coefficient (Wildman–Crippen LogP) is 2.78. The first-order chi connectivity index (χ1) is 8.56. The van der Waals surface area contributed by atoms with Gasteiger partial charge in [-0.15, -0.1) is 0 Å². The van der Waals surface area contributed by atoms with Crippen molar-refractivity contribution in [3.05, 3.63) is 34.4 Å². The summed E-state index contributed by atoms with van der Waals surface area (Å²) in [5.41, 5.74) is 6.02. The maximum absolute atomic E-state index is 5.65. The summed E-state index contributed by atoms with van der Waals surface area (Å²) in [6, 6.07) is 4.59. The highest BCUT2D eigenvalue weighted by Crippen LogP contribution is 2.34. The van der Waals surface area contributed by atoms with Gasteiger partial charge in [-0.1, -0.05) is 17.7 Å². The fraction of sp³-hybridized carbons (Fsp3) is 0.625. The van der Waals surface area contributed by atoms with Crippen LogP contribution in [0.3, 0.4) is 0 Å². The monoisotopic (exact) mass is 247 g/mol. The normalized spacial score (nSPS) is 23.6. The van der Waals surface area contributed by atoms with E-state index in [9.17, 15) is 0 Å². The van der Waals surface area contributed by atoms with Crippen LogP contribution in [0.5, 0.6) is 0 Å². The topological polar surface area (TPSA) is 21.3 Å². The van der Waals surface area contributed by atoms with Crippen LogP contribution >= 0.6 is 0 Å². The van der Waals surface area contributed by atoms with Gasteiger partial charge in [0.05, 0.1) is 6.61 Å². The molecule has 2 heteroatoms. The summed E-state index contributed by atoms with van der Waals surface area (Å²) in [6.07, 6.45) is 2.30. The Kier molecular flexibility index (Phi) is 4.08. The van der Waals surface area contributed by atoms with Gasteiger partial charge in [-0.05, 0) is 57.4 Å². The highest BCUT2D eigenvalue weighted by Gasteiger charge is 2.35. The van der Waals surface area contributed by atoms with Gasteiger partial charge in [-0.2, -0.15) is 0 Å². The maximum atomic E-state index is 5.65. The van der Waals surface area contributed by atoms with Gasteiger partial charge in [0.1, 0.15) is 0 Å². The Morgan fingerprint density at radius 3 is 2.39 bits per heavy atom. The molecule has 18 heavy (non-hydrogen) atoms. The zero-order chi connectivity index (χ0) is 13.2. The molecule has 1 heterocycles. The van der Waals surface area contributed by atoms with E-state index in [0.717, 1.165) is 26.2 Å². The van der Waals surface area contributed by atoms with Crippen molar-refractivity contribution in [3.8, 4) is 0 Å². The van der Waals surface area contributed by atoms with E-state index in [-0.39, 0.29) is 0 Å². The van der Waals surface area contributed by atoms with Gasteiger partial charge in [0.15, 0.2) is 0 Å². The van der Waals surface area contributed by atoms with Crippen molar-refractivity contribution < 1.29 is 4.74 Å². The van der Waals surface area contributed by atoms with Crippen molar-refractivity contribution in [2.45, 2.75) is 33.6 Å². The van der Waals surface area contributed by atoms with E-state index < -0.39 is 0 Å². The molecule has 1 fully saturated rings. The summed E-state index contributed by atoms with van der Waals surface area (Å²) in [7, 11) is 2.04. The average molecular weight is 247 g/mol. The zero-order valence-corrected chi connectivity index (χ0v) is 12.1. The molecule has 0 spiro atoms. The Labute approximate surface area is 111 Å². The third-order valence-electron chi connectivity index (χ3n) is 4.13. The molecule has 100 valence electrons. The number of benzene rings is 1. The van der Waals surface area contributed by atoms with E-state index in [4.69, 9.17) is 4.74 Å². The van der Waals surface area contributed by atoms with Crippen molar-refractivity contribution in [3.63, 3.8) is 0 Å². The van der Waals surface area contributed by atoms with Crippen molar-refractivity contribution in [1.29, 1.82) is 0 Å². The summed E-state index contributed by atoms with van der Waals surface area (Å²) in [5, 5.41) is 3.34. The number of hydrogen-bond donors (Lipinski definition) is 1. The minimum atomic E-state index is 0.291. The molecule has 1 aromatic carbocycles. The van der Waals surface area contributed by atoms with Crippen LogP contribution in [0.25, 0.3) is 0 Å². The molecule has 1 unspecified atom stereocenters. The second kappa shape index (κ2) is 5.41. The first-order valence-electron chi connectivity index (χ1n) is 6.85. The maximum Gasteiger partial charge on any atom is 0.0538 e. The van der Waals surface area contributed by atoms with Gasteiger partial charge in [0.2, 0.25) is 0 Å². The predicted molar refractivity (Wildman–Crippen MR) is 76.2 cm³/mol. The third-order valence-corrected chi connectivity index (χ3v) is 4.13. The van der Waals surface area contributed by atoms with Crippen LogP contribution < -0.4 is 5.32 Å². The molecule has 1 aliphatic heterocycles. The lowest BCUT2D eigenvalue weighted by Gasteiger charge is -2.29. The number of aryl methyl sites for hydroxylation is 3. The first-order valence-corrected chi connectivity index (χ1v) is 6.85. The summed E-state index contributed by atoms with van der Waals surface area (Å²) < 4.78 is 5.65. The van der Waals surface area contributed by atoms with Crippen molar-refractivity contribution >= 4 is 0 Å². The second-order valence-electron chi connectivity index (χ2n) is 5.89. The van der Waals surface area contributed by atoms with E-state index in [1.165, 1.54) is 28.7 Å². The van der Waals surface area contributed by atoms with Crippen molar-refractivity contribution in [1.82, 2.24) is 5.32 Å². The van der Waals surface area contributed by atoms with Gasteiger partial charge >= 0.3 is 0 Å². The van der Waals surface area contributed by atoms with E-state index >= 15 is 0 Å². The smallest absolute Gasteiger partial charge is 0.0538 e. The number of rotatable bonds is 4. The molecule has 0 radical (unpaired) electrons. The molecular weight excluding hydrogens is 222 g/mol. The highest BCUT2D eigenvalue weighted by atomic mass is 16.5. The van der Waals surface area contributed by atoms with Gasteiger partial charge in [0.25, 0.3) is 0 Å². The van der Waals surface area contributed by atoms with Gasteiger partial charge < -0.3 is 10.1 Å². The highest BCUT2D eigenvalue weighted by molar-refractivity contribution is 5.38. The fourth-order valence-corrected chi connectivity index (χ4v) is 3.23. The lowest BCUT2D eigenvalue weighted by atomic mass is 9.78. The Morgan fingerprint density at radius 2 is 1.89 bits per heavy atom. The van der Waals surface area contributed by atoms with E-state index in [0.29, 0.717) is 5.41 Å². The average Bonchev–Trinajstić information content (AvgIpc) is 2.73. The zero-order valence-electron chi connectivity index (χ0n) is 12.1. The minimum Gasteiger partial charge on any atom is -0.381 e. The number of hydrogen-bond acceptors (Lipinski definition) is 2. The van der Waals surface area contributed by atoms with Crippen molar-refractivity contribution in [2.24, 2.45) is 5.41 Å². The summed E-state index contributed by atoms with van der Waals surface area (Å²) in [4.78, 5) is 0. The van der Waals surface area contributed by atoms with Crippen LogP contribution in [0.15, 0.2) is 12.1 Å². The lowest BCUT2D eigenvalue weighted by Crippen LogP contribution is -2.35. The number of nitrogens with one attached hydrogen (secondary N) is 1. The largest absolute Gasteiger partial charge is 0.381 e. The molecular formula is C16H25NO. The second-order valence-corrected chi connectivity index (χ2v) is 5.89. The van der Waals surface area contributed by atoms with Crippen LogP contribution in [-0.2, 0) is 11.2 Å². The fourth-order valence-electron chi connectivity index (χ4n) is 3.23. The Balaban J connectivity index is 2.27. The van der Waals surface area contributed by atoms with Gasteiger partial charge in [0, 0.05) is 18.6 Å². The molecule has 0 aromatic heterocycles. The van der Waals surface area contributed by atoms with E-state index in [1.807, 2.05) is 7.05 Å². The molecule has 0 bridgehead atoms. The summed E-state index contributed by atoms with van der Waals surface area (Å²) in [5.74, 6) is 0. The quantitative estimate of drug-likeness (QED) is 0.883. The van der Waals surface area contributed by atoms with Crippen molar-refractivity contribution in [2.75, 3.05) is 26.8 Å². The molecule has 0 aliphatic carbocycles. The Hall–Kier alpha value is -0.860. The summed E-state index contributed by atoms with van der Waals surface area (Å²) in [6.45, 7) is 9.48. The SMILES string of the molecule is CNCC1(Cc2c(C)cc(C)cc2C)CCOC1. The summed E-state index contributed by atoms with van der Waals surface area (Å²) >= 11 is 0. The molecule has 1 atom stereocenters. The molecule has 0 amide bonds. The molecule has 1 N–H and O–H groups in total. The number of ether oxygens (including phenoxy) is 1. The molecule has 2 rings (SSSR count). The Morgan fingerprint density at radius 1 is 1.22 bits per heavy atom. The van der Waals surface area contributed by atoms with Crippen LogP contribution in [0.4, 0.5) is 0 Å². The molecule has 2 nitrogen and oxygen atoms in total. The van der Waals surface area contributed by atoms with E-state index in [1.54, 1.807) is 0 Å². The van der Waals surface area contributed by atoms with Crippen LogP contribution in [0, 0.1) is 26.2 Å². The van der Waals surface area contributed by atoms with Crippen LogP contribution in [0.1, 0.15) is 28.7 Å². The molecule has 1 saturated heterocycles. The first kappa shape index (κ1) is 13.6. The standard InChI is InChI=1S/C16H25NO/c1-12-7-13(2)15(14(3)8-12)9-16(10-17-4)5-6-18-11-16/h7-8,17H,5-6,9-11H2,1-4H3. The van der Waals surface area contributed by atoms with Gasteiger partial charge in [-0.25, -0.2) is 0 Å². The third kappa shape index (κ3) is 2.76. The van der Waals surface area contributed by atoms with E-state index in [2.05, 4.69) is 38.2 Å². The van der Waals surface area contributed by atoms with Crippen LogP contribution in [0.2, 0.25) is 0 Å².